The van der Waals surface area contributed by atoms with Crippen LogP contribution in [0.5, 0.6) is 0 Å². The summed E-state index contributed by atoms with van der Waals surface area (Å²) < 4.78 is 54.8. The average Bonchev–Trinajstić information content (AvgIpc) is 2.67. The van der Waals surface area contributed by atoms with Crippen molar-refractivity contribution in [1.29, 1.82) is 0 Å². The van der Waals surface area contributed by atoms with Gasteiger partial charge in [0, 0.05) is 25.1 Å². The van der Waals surface area contributed by atoms with Crippen LogP contribution in [0.2, 0.25) is 5.02 Å². The molecule has 1 aromatic carbocycles. The lowest BCUT2D eigenvalue weighted by Crippen LogP contribution is -2.37. The topological polar surface area (TPSA) is 37.4 Å². The van der Waals surface area contributed by atoms with Gasteiger partial charge in [0.25, 0.3) is 5.92 Å². The summed E-state index contributed by atoms with van der Waals surface area (Å²) in [5.41, 5.74) is -0.257. The Morgan fingerprint density at radius 2 is 1.88 bits per heavy atom. The van der Waals surface area contributed by atoms with Gasteiger partial charge in [0.15, 0.2) is 0 Å². The Labute approximate surface area is 153 Å². The fourth-order valence-electron chi connectivity index (χ4n) is 4.80. The zero-order valence-electron chi connectivity index (χ0n) is 14.9. The molecule has 2 bridgehead atoms. The molecule has 0 radical (unpaired) electrons. The molecular weight excluding hydrogens is 368 g/mol. The van der Waals surface area contributed by atoms with Gasteiger partial charge in [0.2, 0.25) is 10.0 Å². The number of nitrogens with zero attached hydrogens (tertiary/aromatic N) is 1. The van der Waals surface area contributed by atoms with Crippen molar-refractivity contribution in [1.82, 2.24) is 4.31 Å². The maximum absolute atomic E-state index is 13.5. The number of fused-ring (bicyclic) bond motifs is 2. The van der Waals surface area contributed by atoms with Crippen molar-refractivity contribution in [2.45, 2.75) is 63.8 Å². The van der Waals surface area contributed by atoms with E-state index < -0.39 is 15.9 Å². The highest BCUT2D eigenvalue weighted by Crippen LogP contribution is 2.54. The molecule has 0 amide bonds. The van der Waals surface area contributed by atoms with Crippen molar-refractivity contribution < 1.29 is 17.2 Å². The Morgan fingerprint density at radius 3 is 2.44 bits per heavy atom. The van der Waals surface area contributed by atoms with Crippen LogP contribution in [-0.4, -0.2) is 25.3 Å². The van der Waals surface area contributed by atoms with E-state index in [1.165, 1.54) is 10.4 Å². The van der Waals surface area contributed by atoms with Gasteiger partial charge in [-0.3, -0.25) is 0 Å². The van der Waals surface area contributed by atoms with E-state index in [0.717, 1.165) is 38.3 Å². The highest BCUT2D eigenvalue weighted by molar-refractivity contribution is 7.89. The third-order valence-electron chi connectivity index (χ3n) is 5.39. The van der Waals surface area contributed by atoms with Crippen LogP contribution in [0, 0.1) is 10.8 Å². The van der Waals surface area contributed by atoms with E-state index in [1.54, 1.807) is 0 Å². The van der Waals surface area contributed by atoms with Crippen molar-refractivity contribution in [2.24, 2.45) is 10.8 Å². The predicted molar refractivity (Wildman–Crippen MR) is 94.4 cm³/mol. The molecule has 0 aromatic heterocycles. The first-order valence-electron chi connectivity index (χ1n) is 8.43. The number of hydrogen-bond donors (Lipinski definition) is 0. The van der Waals surface area contributed by atoms with Crippen LogP contribution in [0.15, 0.2) is 23.1 Å². The Kier molecular flexibility index (Phi) is 4.30. The summed E-state index contributed by atoms with van der Waals surface area (Å²) >= 11 is 6.09. The highest BCUT2D eigenvalue weighted by Gasteiger charge is 2.53. The van der Waals surface area contributed by atoms with Gasteiger partial charge >= 0.3 is 0 Å². The van der Waals surface area contributed by atoms with E-state index in [-0.39, 0.29) is 32.4 Å². The van der Waals surface area contributed by atoms with Crippen LogP contribution in [0.25, 0.3) is 0 Å². The van der Waals surface area contributed by atoms with Crippen LogP contribution >= 0.6 is 11.6 Å². The summed E-state index contributed by atoms with van der Waals surface area (Å²) in [6.45, 7) is 7.67. The Bertz CT molecular complexity index is 804. The van der Waals surface area contributed by atoms with Crippen LogP contribution in [0.3, 0.4) is 0 Å². The van der Waals surface area contributed by atoms with E-state index in [9.17, 15) is 17.2 Å². The number of benzene rings is 1. The molecule has 3 nitrogen and oxygen atoms in total. The molecular formula is C18H24ClF2NO2S. The van der Waals surface area contributed by atoms with Crippen molar-refractivity contribution in [3.63, 3.8) is 0 Å². The molecule has 2 unspecified atom stereocenters. The maximum atomic E-state index is 13.5. The minimum Gasteiger partial charge on any atom is -0.207 e. The molecule has 0 spiro atoms. The fraction of sp³-hybridized carbons (Fsp3) is 0.667. The van der Waals surface area contributed by atoms with Crippen LogP contribution in [0.1, 0.15) is 52.5 Å². The van der Waals surface area contributed by atoms with Crippen LogP contribution < -0.4 is 0 Å². The zero-order valence-corrected chi connectivity index (χ0v) is 16.5. The lowest BCUT2D eigenvalue weighted by molar-refractivity contribution is 0.0174. The Morgan fingerprint density at radius 1 is 1.24 bits per heavy atom. The molecule has 0 N–H and O–H groups in total. The molecule has 25 heavy (non-hydrogen) atoms. The largest absolute Gasteiger partial charge is 0.270 e. The summed E-state index contributed by atoms with van der Waals surface area (Å²) in [7, 11) is -3.82. The first-order chi connectivity index (χ1) is 11.2. The molecule has 1 heterocycles. The van der Waals surface area contributed by atoms with E-state index in [1.807, 2.05) is 0 Å². The van der Waals surface area contributed by atoms with E-state index >= 15 is 0 Å². The number of halogens is 3. The Hall–Kier alpha value is -0.720. The molecule has 2 fully saturated rings. The summed E-state index contributed by atoms with van der Waals surface area (Å²) in [6.07, 6.45) is 2.60. The second-order valence-electron chi connectivity index (χ2n) is 8.80. The molecule has 1 aliphatic heterocycles. The smallest absolute Gasteiger partial charge is 0.207 e. The standard InChI is InChI=1S/C18H24ClF2NO2S/c1-16(2)8-13-9-17(3,10-16)11-22(13)25(23,24)15-6-5-12(7-14(15)19)18(4,20)21/h5-7,13H,8-11H2,1-4H3. The molecule has 1 aliphatic carbocycles. The quantitative estimate of drug-likeness (QED) is 0.723. The van der Waals surface area contributed by atoms with Crippen LogP contribution in [0.4, 0.5) is 8.78 Å². The highest BCUT2D eigenvalue weighted by atomic mass is 35.5. The second kappa shape index (κ2) is 5.64. The zero-order chi connectivity index (χ0) is 18.8. The summed E-state index contributed by atoms with van der Waals surface area (Å²) in [5, 5.41) is -0.148. The summed E-state index contributed by atoms with van der Waals surface area (Å²) in [5.74, 6) is -3.06. The third kappa shape index (κ3) is 3.45. The molecule has 3 rings (SSSR count). The molecule has 1 saturated heterocycles. The van der Waals surface area contributed by atoms with Crippen molar-refractivity contribution >= 4 is 21.6 Å². The van der Waals surface area contributed by atoms with Gasteiger partial charge in [-0.05, 0) is 42.2 Å². The minimum absolute atomic E-state index is 0.0532. The lowest BCUT2D eigenvalue weighted by atomic mass is 9.65. The fourth-order valence-corrected chi connectivity index (χ4v) is 7.09. The number of hydrogen-bond acceptors (Lipinski definition) is 2. The van der Waals surface area contributed by atoms with Gasteiger partial charge in [-0.25, -0.2) is 17.2 Å². The van der Waals surface area contributed by atoms with Gasteiger partial charge in [-0.2, -0.15) is 4.31 Å². The van der Waals surface area contributed by atoms with Gasteiger partial charge in [-0.1, -0.05) is 38.4 Å². The molecule has 1 saturated carbocycles. The Balaban J connectivity index is 1.98. The van der Waals surface area contributed by atoms with Gasteiger partial charge in [0.05, 0.1) is 5.02 Å². The maximum Gasteiger partial charge on any atom is 0.270 e. The SMILES string of the molecule is CC1(C)CC2CC(C)(CN2S(=O)(=O)c2ccc(C(C)(F)F)cc2Cl)C1. The van der Waals surface area contributed by atoms with Crippen molar-refractivity contribution in [3.05, 3.63) is 28.8 Å². The normalized spacial score (nSPS) is 29.8. The molecule has 2 atom stereocenters. The summed E-state index contributed by atoms with van der Waals surface area (Å²) in [4.78, 5) is -0.0869. The molecule has 140 valence electrons. The number of rotatable bonds is 3. The van der Waals surface area contributed by atoms with Crippen molar-refractivity contribution in [3.8, 4) is 0 Å². The molecule has 1 aromatic rings. The first-order valence-corrected chi connectivity index (χ1v) is 10.3. The van der Waals surface area contributed by atoms with Crippen molar-refractivity contribution in [2.75, 3.05) is 6.54 Å². The monoisotopic (exact) mass is 391 g/mol. The van der Waals surface area contributed by atoms with E-state index in [0.29, 0.717) is 6.54 Å². The predicted octanol–water partition coefficient (Wildman–Crippen LogP) is 5.04. The second-order valence-corrected chi connectivity index (χ2v) is 11.1. The van der Waals surface area contributed by atoms with Gasteiger partial charge < -0.3 is 0 Å². The third-order valence-corrected chi connectivity index (χ3v) is 7.77. The molecule has 7 heteroatoms. The van der Waals surface area contributed by atoms with Gasteiger partial charge in [0.1, 0.15) is 4.90 Å². The number of alkyl halides is 2. The van der Waals surface area contributed by atoms with Gasteiger partial charge in [-0.15, -0.1) is 0 Å². The first kappa shape index (κ1) is 19.1. The minimum atomic E-state index is -3.82. The average molecular weight is 392 g/mol. The van der Waals surface area contributed by atoms with E-state index in [2.05, 4.69) is 20.8 Å². The molecule has 2 aliphatic rings. The van der Waals surface area contributed by atoms with E-state index in [4.69, 9.17) is 11.6 Å². The van der Waals surface area contributed by atoms with Crippen LogP contribution in [-0.2, 0) is 15.9 Å². The lowest BCUT2D eigenvalue weighted by Gasteiger charge is -2.39. The number of sulfonamides is 1. The summed E-state index contributed by atoms with van der Waals surface area (Å²) in [6, 6.07) is 3.34.